The van der Waals surface area contributed by atoms with Crippen LogP contribution in [0.15, 0.2) is 6.33 Å². The largest absolute Gasteiger partial charge is 0.370 e. The lowest BCUT2D eigenvalue weighted by molar-refractivity contribution is 0.294. The maximum atomic E-state index is 4.42. The third-order valence-electron chi connectivity index (χ3n) is 4.03. The second-order valence-electron chi connectivity index (χ2n) is 5.93. The maximum absolute atomic E-state index is 4.42. The topological polar surface area (TPSA) is 53.1 Å². The van der Waals surface area contributed by atoms with Gasteiger partial charge in [-0.15, -0.1) is 0 Å². The second-order valence-corrected chi connectivity index (χ2v) is 5.93. The zero-order valence-electron chi connectivity index (χ0n) is 13.7. The van der Waals surface area contributed by atoms with Crippen LogP contribution in [0, 0.1) is 5.92 Å². The monoisotopic (exact) mass is 291 g/mol. The van der Waals surface area contributed by atoms with Crippen LogP contribution in [0.1, 0.15) is 39.2 Å². The molecule has 5 heteroatoms. The molecule has 2 heterocycles. The van der Waals surface area contributed by atoms with Crippen molar-refractivity contribution >= 4 is 11.6 Å². The molecule has 1 aromatic rings. The predicted octanol–water partition coefficient (Wildman–Crippen LogP) is 2.61. The molecule has 118 valence electrons. The summed E-state index contributed by atoms with van der Waals surface area (Å²) < 4.78 is 0. The Morgan fingerprint density at radius 1 is 1.14 bits per heavy atom. The minimum atomic E-state index is 0.630. The zero-order chi connectivity index (χ0) is 15.1. The predicted molar refractivity (Wildman–Crippen MR) is 88.9 cm³/mol. The number of rotatable bonds is 8. The molecule has 5 nitrogen and oxygen atoms in total. The Labute approximate surface area is 128 Å². The van der Waals surface area contributed by atoms with Crippen LogP contribution in [0.4, 0.5) is 11.6 Å². The summed E-state index contributed by atoms with van der Waals surface area (Å²) in [4.78, 5) is 11.3. The van der Waals surface area contributed by atoms with Crippen molar-refractivity contribution in [2.45, 2.75) is 40.0 Å². The van der Waals surface area contributed by atoms with E-state index in [1.54, 1.807) is 6.33 Å². The molecule has 0 aromatic carbocycles. The molecule has 0 radical (unpaired) electrons. The highest BCUT2D eigenvalue weighted by Gasteiger charge is 2.15. The Bertz CT molecular complexity index is 429. The first-order valence-electron chi connectivity index (χ1n) is 8.28. The lowest BCUT2D eigenvalue weighted by Gasteiger charge is -2.21. The Balaban J connectivity index is 1.90. The molecule has 1 unspecified atom stereocenters. The van der Waals surface area contributed by atoms with E-state index in [-0.39, 0.29) is 0 Å². The van der Waals surface area contributed by atoms with E-state index >= 15 is 0 Å². The van der Waals surface area contributed by atoms with Crippen molar-refractivity contribution < 1.29 is 0 Å². The summed E-state index contributed by atoms with van der Waals surface area (Å²) in [5.74, 6) is 2.58. The quantitative estimate of drug-likeness (QED) is 0.771. The minimum absolute atomic E-state index is 0.630. The lowest BCUT2D eigenvalue weighted by atomic mass is 10.1. The summed E-state index contributed by atoms with van der Waals surface area (Å²) in [6.07, 6.45) is 5.30. The smallest absolute Gasteiger partial charge is 0.134 e. The van der Waals surface area contributed by atoms with E-state index in [2.05, 4.69) is 46.3 Å². The molecule has 0 saturated carbocycles. The van der Waals surface area contributed by atoms with Crippen LogP contribution >= 0.6 is 0 Å². The number of aromatic nitrogens is 2. The molecule has 1 aliphatic rings. The van der Waals surface area contributed by atoms with Gasteiger partial charge in [-0.1, -0.05) is 13.8 Å². The molecule has 21 heavy (non-hydrogen) atoms. The summed E-state index contributed by atoms with van der Waals surface area (Å²) in [5.41, 5.74) is 1.19. The van der Waals surface area contributed by atoms with Crippen molar-refractivity contribution in [2.24, 2.45) is 5.92 Å². The number of hydrogen-bond acceptors (Lipinski definition) is 5. The SMILES string of the molecule is CCNc1ncnc(NCC(C)CN2CCCC2)c1CC. The van der Waals surface area contributed by atoms with Gasteiger partial charge in [0.2, 0.25) is 0 Å². The van der Waals surface area contributed by atoms with Crippen LogP contribution < -0.4 is 10.6 Å². The van der Waals surface area contributed by atoms with Gasteiger partial charge in [-0.2, -0.15) is 0 Å². The van der Waals surface area contributed by atoms with Crippen molar-refractivity contribution in [3.8, 4) is 0 Å². The highest BCUT2D eigenvalue weighted by Crippen LogP contribution is 2.20. The number of likely N-dealkylation sites (tertiary alicyclic amines) is 1. The van der Waals surface area contributed by atoms with Gasteiger partial charge in [0.05, 0.1) is 0 Å². The first-order valence-corrected chi connectivity index (χ1v) is 8.28. The van der Waals surface area contributed by atoms with Gasteiger partial charge in [-0.05, 0) is 45.2 Å². The molecule has 1 fully saturated rings. The Morgan fingerprint density at radius 2 is 1.81 bits per heavy atom. The van der Waals surface area contributed by atoms with Gasteiger partial charge in [0.15, 0.2) is 0 Å². The fourth-order valence-corrected chi connectivity index (χ4v) is 2.96. The van der Waals surface area contributed by atoms with Crippen LogP contribution in [0.3, 0.4) is 0 Å². The van der Waals surface area contributed by atoms with Gasteiger partial charge in [-0.3, -0.25) is 0 Å². The number of nitrogens with zero attached hydrogens (tertiary/aromatic N) is 3. The summed E-state index contributed by atoms with van der Waals surface area (Å²) >= 11 is 0. The molecule has 0 bridgehead atoms. The second kappa shape index (κ2) is 8.17. The fourth-order valence-electron chi connectivity index (χ4n) is 2.96. The normalized spacial score (nSPS) is 16.9. The summed E-state index contributed by atoms with van der Waals surface area (Å²) in [6.45, 7) is 12.1. The molecule has 1 atom stereocenters. The summed E-state index contributed by atoms with van der Waals surface area (Å²) in [7, 11) is 0. The highest BCUT2D eigenvalue weighted by molar-refractivity contribution is 5.57. The van der Waals surface area contributed by atoms with Crippen molar-refractivity contribution in [1.29, 1.82) is 0 Å². The van der Waals surface area contributed by atoms with Crippen molar-refractivity contribution in [1.82, 2.24) is 14.9 Å². The van der Waals surface area contributed by atoms with Gasteiger partial charge >= 0.3 is 0 Å². The maximum Gasteiger partial charge on any atom is 0.134 e. The van der Waals surface area contributed by atoms with Crippen molar-refractivity contribution in [3.63, 3.8) is 0 Å². The van der Waals surface area contributed by atoms with E-state index in [4.69, 9.17) is 0 Å². The number of nitrogens with one attached hydrogen (secondary N) is 2. The van der Waals surface area contributed by atoms with E-state index in [1.807, 2.05) is 0 Å². The van der Waals surface area contributed by atoms with Crippen molar-refractivity contribution in [2.75, 3.05) is 43.4 Å². The average molecular weight is 291 g/mol. The molecule has 0 spiro atoms. The van der Waals surface area contributed by atoms with E-state index < -0.39 is 0 Å². The highest BCUT2D eigenvalue weighted by atomic mass is 15.1. The Kier molecular flexibility index (Phi) is 6.23. The van der Waals surface area contributed by atoms with Gasteiger partial charge < -0.3 is 15.5 Å². The molecule has 1 saturated heterocycles. The van der Waals surface area contributed by atoms with Crippen LogP contribution in [-0.2, 0) is 6.42 Å². The Morgan fingerprint density at radius 3 is 2.43 bits per heavy atom. The molecule has 1 aliphatic heterocycles. The number of hydrogen-bond donors (Lipinski definition) is 2. The summed E-state index contributed by atoms with van der Waals surface area (Å²) in [5, 5.41) is 6.83. The third kappa shape index (κ3) is 4.56. The third-order valence-corrected chi connectivity index (χ3v) is 4.03. The molecule has 2 N–H and O–H groups in total. The fraction of sp³-hybridized carbons (Fsp3) is 0.750. The molecule has 0 aliphatic carbocycles. The zero-order valence-corrected chi connectivity index (χ0v) is 13.7. The van der Waals surface area contributed by atoms with Gasteiger partial charge in [-0.25, -0.2) is 9.97 Å². The molecule has 0 amide bonds. The van der Waals surface area contributed by atoms with Crippen LogP contribution in [0.5, 0.6) is 0 Å². The van der Waals surface area contributed by atoms with E-state index in [9.17, 15) is 0 Å². The van der Waals surface area contributed by atoms with Gasteiger partial charge in [0, 0.05) is 25.2 Å². The van der Waals surface area contributed by atoms with E-state index in [1.165, 1.54) is 38.0 Å². The molecule has 2 rings (SSSR count). The minimum Gasteiger partial charge on any atom is -0.370 e. The summed E-state index contributed by atoms with van der Waals surface area (Å²) in [6, 6.07) is 0. The van der Waals surface area contributed by atoms with Gasteiger partial charge in [0.1, 0.15) is 18.0 Å². The first-order chi connectivity index (χ1) is 10.2. The average Bonchev–Trinajstić information content (AvgIpc) is 2.98. The van der Waals surface area contributed by atoms with E-state index in [0.717, 1.165) is 31.1 Å². The molecular formula is C16H29N5. The van der Waals surface area contributed by atoms with Crippen molar-refractivity contribution in [3.05, 3.63) is 11.9 Å². The van der Waals surface area contributed by atoms with E-state index in [0.29, 0.717) is 5.92 Å². The van der Waals surface area contributed by atoms with Crippen LogP contribution in [0.2, 0.25) is 0 Å². The van der Waals surface area contributed by atoms with Crippen LogP contribution in [0.25, 0.3) is 0 Å². The lowest BCUT2D eigenvalue weighted by Crippen LogP contribution is -2.29. The molecule has 1 aromatic heterocycles. The Hall–Kier alpha value is -1.36. The number of anilines is 2. The van der Waals surface area contributed by atoms with Crippen LogP contribution in [-0.4, -0.2) is 47.6 Å². The first kappa shape index (κ1) is 16.0. The molecular weight excluding hydrogens is 262 g/mol. The standard InChI is InChI=1S/C16H29N5/c1-4-14-15(17-5-2)19-12-20-16(14)18-10-13(3)11-21-8-6-7-9-21/h12-13H,4-11H2,1-3H3,(H2,17,18,19,20). The van der Waals surface area contributed by atoms with Gasteiger partial charge in [0.25, 0.3) is 0 Å².